The number of ketones is 1. The van der Waals surface area contributed by atoms with Crippen molar-refractivity contribution in [3.05, 3.63) is 75.9 Å². The van der Waals surface area contributed by atoms with Crippen molar-refractivity contribution in [3.8, 4) is 0 Å². The Labute approximate surface area is 165 Å². The van der Waals surface area contributed by atoms with E-state index in [1.807, 2.05) is 18.2 Å². The Hall–Kier alpha value is -2.93. The van der Waals surface area contributed by atoms with E-state index in [1.54, 1.807) is 43.3 Å². The van der Waals surface area contributed by atoms with Crippen molar-refractivity contribution in [1.82, 2.24) is 5.32 Å². The minimum absolute atomic E-state index is 0.0192. The smallest absolute Gasteiger partial charge is 0.412 e. The monoisotopic (exact) mass is 431 g/mol. The maximum Gasteiger partial charge on any atom is 0.412 e. The Balaban J connectivity index is 2.09. The van der Waals surface area contributed by atoms with Crippen molar-refractivity contribution in [2.45, 2.75) is 13.5 Å². The summed E-state index contributed by atoms with van der Waals surface area (Å²) in [5.41, 5.74) is 1.19. The third-order valence-electron chi connectivity index (χ3n) is 3.34. The minimum Gasteiger partial charge on any atom is -0.460 e. The van der Waals surface area contributed by atoms with E-state index in [0.29, 0.717) is 5.56 Å². The van der Waals surface area contributed by atoms with Crippen molar-refractivity contribution >= 4 is 39.9 Å². The number of carbonyl (C=O) groups is 3. The molecule has 7 heteroatoms. The molecule has 0 spiro atoms. The molecule has 140 valence electrons. The second kappa shape index (κ2) is 10.3. The predicted octanol–water partition coefficient (Wildman–Crippen LogP) is 3.85. The Morgan fingerprint density at radius 1 is 1.00 bits per heavy atom. The number of benzene rings is 2. The zero-order valence-electron chi connectivity index (χ0n) is 14.6. The molecule has 0 aliphatic heterocycles. The Kier molecular flexibility index (Phi) is 7.76. The van der Waals surface area contributed by atoms with E-state index in [0.717, 1.165) is 10.0 Å². The fourth-order valence-electron chi connectivity index (χ4n) is 2.06. The standard InChI is InChI=1S/C20H18BrNO5/c1-2-26-19(24)18(23)17(12-14-6-4-3-5-7-14)22-20(25)27-13-15-8-10-16(21)11-9-15/h3-12H,2,13H2,1H3,(H,22,25)/b17-12-. The van der Waals surface area contributed by atoms with E-state index in [-0.39, 0.29) is 18.9 Å². The maximum absolute atomic E-state index is 12.3. The van der Waals surface area contributed by atoms with E-state index >= 15 is 0 Å². The number of alkyl carbamates (subject to hydrolysis) is 1. The van der Waals surface area contributed by atoms with Crippen molar-refractivity contribution in [2.75, 3.05) is 6.61 Å². The fraction of sp³-hybridized carbons (Fsp3) is 0.150. The summed E-state index contributed by atoms with van der Waals surface area (Å²) in [6.07, 6.45) is 0.540. The van der Waals surface area contributed by atoms with Gasteiger partial charge in [-0.3, -0.25) is 10.1 Å². The summed E-state index contributed by atoms with van der Waals surface area (Å²) in [5, 5.41) is 2.33. The lowest BCUT2D eigenvalue weighted by molar-refractivity contribution is -0.151. The third kappa shape index (κ3) is 6.71. The molecule has 1 N–H and O–H groups in total. The van der Waals surface area contributed by atoms with Crippen LogP contribution in [0.3, 0.4) is 0 Å². The van der Waals surface area contributed by atoms with Crippen molar-refractivity contribution < 1.29 is 23.9 Å². The van der Waals surface area contributed by atoms with Gasteiger partial charge in [0, 0.05) is 4.47 Å². The van der Waals surface area contributed by atoms with Gasteiger partial charge in [-0.1, -0.05) is 58.4 Å². The average molecular weight is 432 g/mol. The molecule has 0 unspecified atom stereocenters. The van der Waals surface area contributed by atoms with Crippen molar-refractivity contribution in [3.63, 3.8) is 0 Å². The van der Waals surface area contributed by atoms with Gasteiger partial charge in [0.1, 0.15) is 6.61 Å². The van der Waals surface area contributed by atoms with E-state index in [2.05, 4.69) is 21.2 Å². The molecule has 0 saturated carbocycles. The molecule has 0 atom stereocenters. The Morgan fingerprint density at radius 2 is 1.67 bits per heavy atom. The van der Waals surface area contributed by atoms with E-state index < -0.39 is 17.8 Å². The zero-order chi connectivity index (χ0) is 19.6. The van der Waals surface area contributed by atoms with Crippen LogP contribution in [0.1, 0.15) is 18.1 Å². The van der Waals surface area contributed by atoms with Gasteiger partial charge in [0.2, 0.25) is 0 Å². The van der Waals surface area contributed by atoms with Crippen LogP contribution in [0, 0.1) is 0 Å². The molecule has 2 aromatic carbocycles. The Morgan fingerprint density at radius 3 is 2.30 bits per heavy atom. The number of hydrogen-bond donors (Lipinski definition) is 1. The van der Waals surface area contributed by atoms with Crippen LogP contribution in [0.5, 0.6) is 0 Å². The zero-order valence-corrected chi connectivity index (χ0v) is 16.2. The van der Waals surface area contributed by atoms with Crippen LogP contribution in [0.25, 0.3) is 6.08 Å². The number of hydrogen-bond acceptors (Lipinski definition) is 5. The predicted molar refractivity (Wildman–Crippen MR) is 104 cm³/mol. The highest BCUT2D eigenvalue weighted by atomic mass is 79.9. The van der Waals surface area contributed by atoms with Gasteiger partial charge in [0.05, 0.1) is 12.3 Å². The minimum atomic E-state index is -1.05. The first kappa shape index (κ1) is 20.4. The molecule has 0 aliphatic rings. The molecule has 0 radical (unpaired) electrons. The third-order valence-corrected chi connectivity index (χ3v) is 3.86. The number of Topliss-reactive ketones (excluding diaryl/α,β-unsaturated/α-hetero) is 1. The van der Waals surface area contributed by atoms with Crippen LogP contribution < -0.4 is 5.32 Å². The van der Waals surface area contributed by atoms with Crippen molar-refractivity contribution in [1.29, 1.82) is 0 Å². The van der Waals surface area contributed by atoms with Crippen molar-refractivity contribution in [2.24, 2.45) is 0 Å². The highest BCUT2D eigenvalue weighted by Gasteiger charge is 2.22. The molecule has 0 aromatic heterocycles. The van der Waals surface area contributed by atoms with Gasteiger partial charge in [-0.2, -0.15) is 0 Å². The van der Waals surface area contributed by atoms with Crippen LogP contribution in [-0.2, 0) is 25.7 Å². The summed E-state index contributed by atoms with van der Waals surface area (Å²) in [6.45, 7) is 1.66. The van der Waals surface area contributed by atoms with Crippen LogP contribution >= 0.6 is 15.9 Å². The Bertz CT molecular complexity index is 831. The van der Waals surface area contributed by atoms with Gasteiger partial charge in [0.15, 0.2) is 0 Å². The summed E-state index contributed by atoms with van der Waals surface area (Å²) >= 11 is 3.32. The lowest BCUT2D eigenvalue weighted by Crippen LogP contribution is -2.32. The number of halogens is 1. The number of ether oxygens (including phenoxy) is 2. The molecule has 0 bridgehead atoms. The summed E-state index contributed by atoms with van der Waals surface area (Å²) in [5.74, 6) is -2.01. The molecule has 0 heterocycles. The number of esters is 1. The van der Waals surface area contributed by atoms with E-state index in [9.17, 15) is 14.4 Å². The maximum atomic E-state index is 12.3. The highest BCUT2D eigenvalue weighted by molar-refractivity contribution is 9.10. The molecule has 0 fully saturated rings. The topological polar surface area (TPSA) is 81.7 Å². The van der Waals surface area contributed by atoms with Gasteiger partial charge < -0.3 is 9.47 Å². The van der Waals surface area contributed by atoms with Gasteiger partial charge in [-0.25, -0.2) is 9.59 Å². The fourth-order valence-corrected chi connectivity index (χ4v) is 2.32. The van der Waals surface area contributed by atoms with E-state index in [1.165, 1.54) is 6.08 Å². The molecular formula is C20H18BrNO5. The van der Waals surface area contributed by atoms with Gasteiger partial charge in [-0.05, 0) is 36.3 Å². The van der Waals surface area contributed by atoms with Crippen LogP contribution in [0.4, 0.5) is 4.79 Å². The lowest BCUT2D eigenvalue weighted by atomic mass is 10.1. The van der Waals surface area contributed by atoms with Crippen LogP contribution in [-0.4, -0.2) is 24.5 Å². The summed E-state index contributed by atoms with van der Waals surface area (Å²) in [6, 6.07) is 16.0. The molecule has 0 saturated heterocycles. The SMILES string of the molecule is CCOC(=O)C(=O)/C(=C/c1ccccc1)NC(=O)OCc1ccc(Br)cc1. The van der Waals surface area contributed by atoms with Crippen LogP contribution in [0.15, 0.2) is 64.8 Å². The first-order valence-electron chi connectivity index (χ1n) is 8.16. The van der Waals surface area contributed by atoms with E-state index in [4.69, 9.17) is 9.47 Å². The molecular weight excluding hydrogens is 414 g/mol. The lowest BCUT2D eigenvalue weighted by Gasteiger charge is -2.10. The quantitative estimate of drug-likeness (QED) is 0.409. The molecule has 2 rings (SSSR count). The summed E-state index contributed by atoms with van der Waals surface area (Å²) in [7, 11) is 0. The number of rotatable bonds is 7. The van der Waals surface area contributed by atoms with Gasteiger partial charge in [-0.15, -0.1) is 0 Å². The molecule has 2 aromatic rings. The molecule has 1 amide bonds. The summed E-state index contributed by atoms with van der Waals surface area (Å²) < 4.78 is 10.7. The first-order chi connectivity index (χ1) is 13.0. The van der Waals surface area contributed by atoms with Gasteiger partial charge >= 0.3 is 12.1 Å². The second-order valence-electron chi connectivity index (χ2n) is 5.35. The largest absolute Gasteiger partial charge is 0.460 e. The normalized spacial score (nSPS) is 10.8. The highest BCUT2D eigenvalue weighted by Crippen LogP contribution is 2.12. The first-order valence-corrected chi connectivity index (χ1v) is 8.95. The summed E-state index contributed by atoms with van der Waals surface area (Å²) in [4.78, 5) is 36.1. The van der Waals surface area contributed by atoms with Crippen LogP contribution in [0.2, 0.25) is 0 Å². The molecule has 27 heavy (non-hydrogen) atoms. The van der Waals surface area contributed by atoms with Gasteiger partial charge in [0.25, 0.3) is 5.78 Å². The number of carbonyl (C=O) groups excluding carboxylic acids is 3. The second-order valence-corrected chi connectivity index (χ2v) is 6.26. The number of amides is 1. The molecule has 0 aliphatic carbocycles. The average Bonchev–Trinajstić information content (AvgIpc) is 2.67. The molecule has 6 nitrogen and oxygen atoms in total. The number of nitrogens with one attached hydrogen (secondary N) is 1.